The molecule has 0 atom stereocenters. The third-order valence-electron chi connectivity index (χ3n) is 3.54. The van der Waals surface area contributed by atoms with Gasteiger partial charge in [-0.1, -0.05) is 23.7 Å². The Bertz CT molecular complexity index is 582. The number of hydrogen-bond acceptors (Lipinski definition) is 4. The molecule has 21 heavy (non-hydrogen) atoms. The number of halogens is 1. The van der Waals surface area contributed by atoms with E-state index in [1.165, 1.54) is 11.3 Å². The summed E-state index contributed by atoms with van der Waals surface area (Å²) in [6.45, 7) is 4.32. The van der Waals surface area contributed by atoms with E-state index >= 15 is 0 Å². The fourth-order valence-electron chi connectivity index (χ4n) is 2.36. The Morgan fingerprint density at radius 3 is 2.62 bits per heavy atom. The van der Waals surface area contributed by atoms with Gasteiger partial charge >= 0.3 is 0 Å². The zero-order valence-electron chi connectivity index (χ0n) is 11.8. The van der Waals surface area contributed by atoms with Crippen molar-refractivity contribution in [1.82, 2.24) is 4.98 Å². The molecule has 0 saturated carbocycles. The number of rotatable bonds is 4. The van der Waals surface area contributed by atoms with Crippen molar-refractivity contribution in [3.63, 3.8) is 0 Å². The fraction of sp³-hybridized carbons (Fsp3) is 0.312. The largest absolute Gasteiger partial charge is 0.381 e. The molecule has 2 heterocycles. The van der Waals surface area contributed by atoms with Crippen LogP contribution in [0.2, 0.25) is 5.15 Å². The highest BCUT2D eigenvalue weighted by Crippen LogP contribution is 2.18. The third kappa shape index (κ3) is 3.86. The van der Waals surface area contributed by atoms with Crippen molar-refractivity contribution in [1.29, 1.82) is 0 Å². The molecule has 1 aliphatic heterocycles. The Hall–Kier alpha value is -1.78. The lowest BCUT2D eigenvalue weighted by Crippen LogP contribution is -2.36. The first kappa shape index (κ1) is 14.2. The predicted molar refractivity (Wildman–Crippen MR) is 86.0 cm³/mol. The highest BCUT2D eigenvalue weighted by molar-refractivity contribution is 6.29. The van der Waals surface area contributed by atoms with E-state index in [0.29, 0.717) is 5.15 Å². The number of anilines is 2. The summed E-state index contributed by atoms with van der Waals surface area (Å²) >= 11 is 5.87. The maximum atomic E-state index is 5.87. The Morgan fingerprint density at radius 1 is 1.14 bits per heavy atom. The molecular weight excluding hydrogens is 286 g/mol. The normalized spacial score (nSPS) is 15.0. The van der Waals surface area contributed by atoms with Gasteiger partial charge in [-0.05, 0) is 29.8 Å². The van der Waals surface area contributed by atoms with E-state index in [-0.39, 0.29) is 0 Å². The summed E-state index contributed by atoms with van der Waals surface area (Å²) in [5, 5.41) is 3.85. The number of ether oxygens (including phenoxy) is 1. The molecule has 2 aromatic rings. The molecule has 0 radical (unpaired) electrons. The van der Waals surface area contributed by atoms with Crippen LogP contribution in [0.4, 0.5) is 11.4 Å². The summed E-state index contributed by atoms with van der Waals surface area (Å²) < 4.78 is 5.37. The van der Waals surface area contributed by atoms with E-state index in [1.54, 1.807) is 6.20 Å². The number of aromatic nitrogens is 1. The number of pyridine rings is 1. The van der Waals surface area contributed by atoms with Gasteiger partial charge in [0.15, 0.2) is 0 Å². The molecule has 0 unspecified atom stereocenters. The van der Waals surface area contributed by atoms with Crippen molar-refractivity contribution in [2.45, 2.75) is 6.54 Å². The van der Waals surface area contributed by atoms with E-state index in [4.69, 9.17) is 16.3 Å². The molecule has 3 rings (SSSR count). The maximum absolute atomic E-state index is 5.87. The second-order valence-corrected chi connectivity index (χ2v) is 5.37. The van der Waals surface area contributed by atoms with Gasteiger partial charge < -0.3 is 15.0 Å². The highest BCUT2D eigenvalue weighted by Gasteiger charge is 2.10. The second-order valence-electron chi connectivity index (χ2n) is 4.99. The number of benzene rings is 1. The average Bonchev–Trinajstić information content (AvgIpc) is 2.54. The van der Waals surface area contributed by atoms with Crippen LogP contribution in [-0.2, 0) is 11.3 Å². The van der Waals surface area contributed by atoms with Crippen LogP contribution in [0.1, 0.15) is 5.56 Å². The maximum Gasteiger partial charge on any atom is 0.131 e. The van der Waals surface area contributed by atoms with Gasteiger partial charge in [-0.3, -0.25) is 0 Å². The minimum Gasteiger partial charge on any atom is -0.381 e. The van der Waals surface area contributed by atoms with Crippen molar-refractivity contribution in [2.75, 3.05) is 36.5 Å². The topological polar surface area (TPSA) is 37.4 Å². The third-order valence-corrected chi connectivity index (χ3v) is 3.74. The van der Waals surface area contributed by atoms with Crippen LogP contribution in [0.3, 0.4) is 0 Å². The number of nitrogens with one attached hydrogen (secondary N) is 1. The fourth-order valence-corrected chi connectivity index (χ4v) is 2.54. The lowest BCUT2D eigenvalue weighted by atomic mass is 10.2. The first-order chi connectivity index (χ1) is 10.3. The molecule has 4 nitrogen and oxygen atoms in total. The lowest BCUT2D eigenvalue weighted by Gasteiger charge is -2.28. The van der Waals surface area contributed by atoms with Gasteiger partial charge in [0.1, 0.15) is 5.15 Å². The molecule has 0 aliphatic carbocycles. The highest BCUT2D eigenvalue weighted by atomic mass is 35.5. The summed E-state index contributed by atoms with van der Waals surface area (Å²) in [6, 6.07) is 12.4. The average molecular weight is 304 g/mol. The SMILES string of the molecule is Clc1cc(NCc2ccc(N3CCOCC3)cc2)ccn1. The van der Waals surface area contributed by atoms with Crippen molar-refractivity contribution >= 4 is 23.0 Å². The molecule has 1 N–H and O–H groups in total. The molecule has 0 spiro atoms. The Morgan fingerprint density at radius 2 is 1.90 bits per heavy atom. The van der Waals surface area contributed by atoms with Crippen molar-refractivity contribution < 1.29 is 4.74 Å². The summed E-state index contributed by atoms with van der Waals surface area (Å²) in [6.07, 6.45) is 1.70. The smallest absolute Gasteiger partial charge is 0.131 e. The number of morpholine rings is 1. The molecule has 1 aromatic heterocycles. The van der Waals surface area contributed by atoms with Crippen LogP contribution >= 0.6 is 11.6 Å². The van der Waals surface area contributed by atoms with Gasteiger partial charge in [0, 0.05) is 37.2 Å². The van der Waals surface area contributed by atoms with E-state index < -0.39 is 0 Å². The van der Waals surface area contributed by atoms with Crippen molar-refractivity contribution in [3.8, 4) is 0 Å². The van der Waals surface area contributed by atoms with Crippen molar-refractivity contribution in [2.24, 2.45) is 0 Å². The summed E-state index contributed by atoms with van der Waals surface area (Å²) in [5.74, 6) is 0. The molecule has 5 heteroatoms. The Labute approximate surface area is 129 Å². The lowest BCUT2D eigenvalue weighted by molar-refractivity contribution is 0.122. The van der Waals surface area contributed by atoms with Crippen LogP contribution < -0.4 is 10.2 Å². The predicted octanol–water partition coefficient (Wildman–Crippen LogP) is 3.18. The van der Waals surface area contributed by atoms with Gasteiger partial charge in [-0.15, -0.1) is 0 Å². The molecule has 0 bridgehead atoms. The van der Waals surface area contributed by atoms with E-state index in [1.807, 2.05) is 12.1 Å². The van der Waals surface area contributed by atoms with Gasteiger partial charge in [0.2, 0.25) is 0 Å². The summed E-state index contributed by atoms with van der Waals surface area (Å²) in [7, 11) is 0. The van der Waals surface area contributed by atoms with Crippen LogP contribution in [0.15, 0.2) is 42.6 Å². The summed E-state index contributed by atoms with van der Waals surface area (Å²) in [5.41, 5.74) is 3.47. The van der Waals surface area contributed by atoms with Gasteiger partial charge in [0.25, 0.3) is 0 Å². The molecular formula is C16H18ClN3O. The van der Waals surface area contributed by atoms with E-state index in [0.717, 1.165) is 38.5 Å². The van der Waals surface area contributed by atoms with Crippen LogP contribution in [0.5, 0.6) is 0 Å². The summed E-state index contributed by atoms with van der Waals surface area (Å²) in [4.78, 5) is 6.32. The van der Waals surface area contributed by atoms with Crippen LogP contribution in [0, 0.1) is 0 Å². The van der Waals surface area contributed by atoms with E-state index in [2.05, 4.69) is 39.5 Å². The zero-order valence-corrected chi connectivity index (χ0v) is 12.5. The quantitative estimate of drug-likeness (QED) is 0.880. The number of hydrogen-bond donors (Lipinski definition) is 1. The molecule has 1 aromatic carbocycles. The van der Waals surface area contributed by atoms with Crippen LogP contribution in [-0.4, -0.2) is 31.3 Å². The molecule has 110 valence electrons. The molecule has 1 saturated heterocycles. The van der Waals surface area contributed by atoms with E-state index in [9.17, 15) is 0 Å². The Balaban J connectivity index is 1.59. The standard InChI is InChI=1S/C16H18ClN3O/c17-16-11-14(5-6-18-16)19-12-13-1-3-15(4-2-13)20-7-9-21-10-8-20/h1-6,11H,7-10,12H2,(H,18,19). The van der Waals surface area contributed by atoms with Crippen molar-refractivity contribution in [3.05, 3.63) is 53.3 Å². The minimum absolute atomic E-state index is 0.502. The van der Waals surface area contributed by atoms with Gasteiger partial charge in [-0.2, -0.15) is 0 Å². The first-order valence-electron chi connectivity index (χ1n) is 7.08. The van der Waals surface area contributed by atoms with Gasteiger partial charge in [0.05, 0.1) is 13.2 Å². The zero-order chi connectivity index (χ0) is 14.5. The molecule has 0 amide bonds. The second kappa shape index (κ2) is 6.78. The molecule has 1 aliphatic rings. The monoisotopic (exact) mass is 303 g/mol. The minimum atomic E-state index is 0.502. The van der Waals surface area contributed by atoms with Gasteiger partial charge in [-0.25, -0.2) is 4.98 Å². The first-order valence-corrected chi connectivity index (χ1v) is 7.46. The van der Waals surface area contributed by atoms with Crippen LogP contribution in [0.25, 0.3) is 0 Å². The molecule has 1 fully saturated rings. The Kier molecular flexibility index (Phi) is 4.58. The number of nitrogens with zero attached hydrogens (tertiary/aromatic N) is 2.